The van der Waals surface area contributed by atoms with E-state index in [2.05, 4.69) is 33.3 Å². The Kier molecular flexibility index (Phi) is 12.4. The predicted octanol–water partition coefficient (Wildman–Crippen LogP) is 1.91. The van der Waals surface area contributed by atoms with Gasteiger partial charge >= 0.3 is 12.2 Å². The molecule has 0 heterocycles. The van der Waals surface area contributed by atoms with Crippen molar-refractivity contribution in [2.75, 3.05) is 11.0 Å². The minimum absolute atomic E-state index is 0.294. The van der Waals surface area contributed by atoms with E-state index in [0.717, 1.165) is 4.43 Å². The van der Waals surface area contributed by atoms with E-state index in [1.165, 1.54) is 0 Å². The summed E-state index contributed by atoms with van der Waals surface area (Å²) in [7, 11) is 0. The fraction of sp³-hybridized carbons (Fsp3) is 0.625. The highest BCUT2D eigenvalue weighted by Crippen LogP contribution is 1.90. The van der Waals surface area contributed by atoms with Crippen molar-refractivity contribution in [3.8, 4) is 0 Å². The molecule has 0 rings (SSSR count). The van der Waals surface area contributed by atoms with Crippen molar-refractivity contribution < 1.29 is 19.4 Å². The standard InChI is InChI=1S/C7H12INO2.CH3NO2/c1-6(2)5-9-7(10)11-4-3-8;2-1(3)4/h5-6H,3-4H2,1-2H3;2H2,(H,3,4). The number of hydrogen-bond donors (Lipinski definition) is 2. The first-order chi connectivity index (χ1) is 6.90. The van der Waals surface area contributed by atoms with Gasteiger partial charge in [-0.05, 0) is 5.92 Å². The molecule has 2 amide bonds. The second-order valence-electron chi connectivity index (χ2n) is 2.66. The van der Waals surface area contributed by atoms with Crippen molar-refractivity contribution in [2.45, 2.75) is 13.8 Å². The fourth-order valence-corrected chi connectivity index (χ4v) is 0.593. The summed E-state index contributed by atoms with van der Waals surface area (Å²) in [5, 5.41) is 7.19. The molecular weight excluding hydrogens is 315 g/mol. The van der Waals surface area contributed by atoms with E-state index in [0.29, 0.717) is 12.5 Å². The third-order valence-electron chi connectivity index (χ3n) is 0.781. The highest BCUT2D eigenvalue weighted by atomic mass is 127. The molecule has 88 valence electrons. The largest absolute Gasteiger partial charge is 0.465 e. The van der Waals surface area contributed by atoms with E-state index in [1.807, 2.05) is 13.8 Å². The molecule has 0 unspecified atom stereocenters. The zero-order valence-corrected chi connectivity index (χ0v) is 10.8. The van der Waals surface area contributed by atoms with Crippen LogP contribution in [0.2, 0.25) is 0 Å². The summed E-state index contributed by atoms with van der Waals surface area (Å²) in [6.07, 6.45) is -0.245. The van der Waals surface area contributed by atoms with Gasteiger partial charge in [0.15, 0.2) is 0 Å². The maximum Gasteiger partial charge on any atom is 0.433 e. The Bertz CT molecular complexity index is 215. The number of carboxylic acid groups (broad SMARTS) is 1. The number of rotatable bonds is 3. The first kappa shape index (κ1) is 16.6. The third kappa shape index (κ3) is 24.6. The number of nitrogens with two attached hydrogens (primary N) is 1. The summed E-state index contributed by atoms with van der Waals surface area (Å²) >= 11 is 2.13. The Morgan fingerprint density at radius 1 is 1.60 bits per heavy atom. The van der Waals surface area contributed by atoms with Crippen LogP contribution in [0.25, 0.3) is 0 Å². The fourth-order valence-electron chi connectivity index (χ4n) is 0.373. The maximum atomic E-state index is 10.7. The maximum absolute atomic E-state index is 10.7. The second-order valence-corrected chi connectivity index (χ2v) is 3.74. The molecule has 0 aromatic rings. The molecule has 0 fully saturated rings. The van der Waals surface area contributed by atoms with Gasteiger partial charge in [0.25, 0.3) is 0 Å². The van der Waals surface area contributed by atoms with Gasteiger partial charge in [0.1, 0.15) is 6.61 Å². The van der Waals surface area contributed by atoms with Gasteiger partial charge in [-0.2, -0.15) is 4.99 Å². The van der Waals surface area contributed by atoms with Gasteiger partial charge in [-0.3, -0.25) is 0 Å². The number of ether oxygens (including phenoxy) is 1. The van der Waals surface area contributed by atoms with Crippen LogP contribution < -0.4 is 5.73 Å². The van der Waals surface area contributed by atoms with Gasteiger partial charge in [0, 0.05) is 10.6 Å². The van der Waals surface area contributed by atoms with E-state index < -0.39 is 12.2 Å². The average molecular weight is 330 g/mol. The highest BCUT2D eigenvalue weighted by Gasteiger charge is 1.96. The van der Waals surface area contributed by atoms with Crippen LogP contribution in [0.3, 0.4) is 0 Å². The van der Waals surface area contributed by atoms with E-state index in [4.69, 9.17) is 14.6 Å². The number of carbonyl (C=O) groups excluding carboxylic acids is 1. The predicted molar refractivity (Wildman–Crippen MR) is 65.8 cm³/mol. The van der Waals surface area contributed by atoms with Crippen molar-refractivity contribution in [2.24, 2.45) is 16.6 Å². The van der Waals surface area contributed by atoms with Crippen molar-refractivity contribution in [3.63, 3.8) is 0 Å². The monoisotopic (exact) mass is 330 g/mol. The summed E-state index contributed by atoms with van der Waals surface area (Å²) in [5.74, 6) is 0.294. The molecule has 7 heteroatoms. The lowest BCUT2D eigenvalue weighted by Crippen LogP contribution is -2.03. The van der Waals surface area contributed by atoms with Crippen molar-refractivity contribution in [1.29, 1.82) is 0 Å². The molecule has 0 aromatic carbocycles. The molecule has 0 saturated carbocycles. The summed E-state index contributed by atoms with van der Waals surface area (Å²) in [6.45, 7) is 4.35. The molecule has 0 aliphatic heterocycles. The molecule has 0 aliphatic rings. The third-order valence-corrected chi connectivity index (χ3v) is 1.22. The smallest absolute Gasteiger partial charge is 0.433 e. The van der Waals surface area contributed by atoms with Crippen molar-refractivity contribution in [1.82, 2.24) is 0 Å². The molecule has 0 bridgehead atoms. The van der Waals surface area contributed by atoms with Crippen LogP contribution >= 0.6 is 22.6 Å². The number of nitrogens with zero attached hydrogens (tertiary/aromatic N) is 1. The first-order valence-electron chi connectivity index (χ1n) is 4.15. The molecule has 0 aromatic heterocycles. The van der Waals surface area contributed by atoms with Gasteiger partial charge in [0.05, 0.1) is 0 Å². The molecule has 6 nitrogen and oxygen atoms in total. The average Bonchev–Trinajstić information content (AvgIpc) is 2.10. The van der Waals surface area contributed by atoms with Crippen LogP contribution in [-0.4, -0.2) is 34.5 Å². The number of amides is 2. The molecule has 0 radical (unpaired) electrons. The normalized spacial score (nSPS) is 9.60. The summed E-state index contributed by atoms with van der Waals surface area (Å²) in [4.78, 5) is 23.0. The van der Waals surface area contributed by atoms with Crippen LogP contribution in [0.4, 0.5) is 9.59 Å². The number of carbonyl (C=O) groups is 2. The van der Waals surface area contributed by atoms with Crippen LogP contribution in [0.5, 0.6) is 0 Å². The Hall–Kier alpha value is -0.860. The van der Waals surface area contributed by atoms with Gasteiger partial charge in [0.2, 0.25) is 0 Å². The number of primary amides is 1. The van der Waals surface area contributed by atoms with Crippen molar-refractivity contribution in [3.05, 3.63) is 0 Å². The quantitative estimate of drug-likeness (QED) is 0.469. The van der Waals surface area contributed by atoms with Gasteiger partial charge in [-0.15, -0.1) is 0 Å². The topological polar surface area (TPSA) is 102 Å². The number of aliphatic imine (C=N–C) groups is 1. The second kappa shape index (κ2) is 11.2. The van der Waals surface area contributed by atoms with Crippen molar-refractivity contribution >= 4 is 41.0 Å². The molecule has 0 aliphatic carbocycles. The van der Waals surface area contributed by atoms with Crippen LogP contribution in [0.15, 0.2) is 4.99 Å². The van der Waals surface area contributed by atoms with Gasteiger partial charge in [-0.1, -0.05) is 36.4 Å². The molecule has 15 heavy (non-hydrogen) atoms. The van der Waals surface area contributed by atoms with Crippen LogP contribution in [-0.2, 0) is 4.74 Å². The molecule has 3 N–H and O–H groups in total. The van der Waals surface area contributed by atoms with Gasteiger partial charge in [-0.25, -0.2) is 9.59 Å². The zero-order valence-electron chi connectivity index (χ0n) is 8.64. The lowest BCUT2D eigenvalue weighted by atomic mass is 10.3. The summed E-state index contributed by atoms with van der Waals surface area (Å²) in [6, 6.07) is 0. The summed E-state index contributed by atoms with van der Waals surface area (Å²) < 4.78 is 5.50. The van der Waals surface area contributed by atoms with Crippen LogP contribution in [0, 0.1) is 5.92 Å². The lowest BCUT2D eigenvalue weighted by molar-refractivity contribution is 0.165. The van der Waals surface area contributed by atoms with E-state index >= 15 is 0 Å². The Balaban J connectivity index is 0. The van der Waals surface area contributed by atoms with E-state index in [-0.39, 0.29) is 0 Å². The Morgan fingerprint density at radius 3 is 2.40 bits per heavy atom. The Morgan fingerprint density at radius 2 is 2.07 bits per heavy atom. The first-order valence-corrected chi connectivity index (χ1v) is 5.68. The minimum atomic E-state index is -1.33. The van der Waals surface area contributed by atoms with Gasteiger partial charge < -0.3 is 15.6 Å². The highest BCUT2D eigenvalue weighted by molar-refractivity contribution is 14.1. The number of alkyl halides is 1. The SMILES string of the molecule is CC(C)C=NC(=O)OCCI.NC(=O)O. The van der Waals surface area contributed by atoms with E-state index in [1.54, 1.807) is 6.21 Å². The Labute approximate surface area is 102 Å². The van der Waals surface area contributed by atoms with Crippen LogP contribution in [0.1, 0.15) is 13.8 Å². The lowest BCUT2D eigenvalue weighted by Gasteiger charge is -1.96. The molecular formula is C8H15IN2O4. The number of halogens is 1. The molecule has 0 spiro atoms. The summed E-state index contributed by atoms with van der Waals surface area (Å²) in [5.41, 5.74) is 4.03. The molecule has 0 atom stereocenters. The number of hydrogen-bond acceptors (Lipinski definition) is 3. The minimum Gasteiger partial charge on any atom is -0.465 e. The zero-order chi connectivity index (χ0) is 12.3. The molecule has 0 saturated heterocycles. The van der Waals surface area contributed by atoms with E-state index in [9.17, 15) is 4.79 Å².